The summed E-state index contributed by atoms with van der Waals surface area (Å²) in [5, 5.41) is 2.24. The van der Waals surface area contributed by atoms with E-state index >= 15 is 0 Å². The highest BCUT2D eigenvalue weighted by atomic mass is 19.2. The summed E-state index contributed by atoms with van der Waals surface area (Å²) in [4.78, 5) is 1.86. The van der Waals surface area contributed by atoms with Gasteiger partial charge in [0.15, 0.2) is 23.3 Å². The Labute approximate surface area is 108 Å². The Morgan fingerprint density at radius 2 is 1.32 bits per heavy atom. The molecule has 1 aromatic carbocycles. The highest BCUT2D eigenvalue weighted by Crippen LogP contribution is 2.26. The first kappa shape index (κ1) is 15.7. The summed E-state index contributed by atoms with van der Waals surface area (Å²) in [7, 11) is 1.78. The first-order valence-electron chi connectivity index (χ1n) is 5.72. The van der Waals surface area contributed by atoms with E-state index in [9.17, 15) is 22.0 Å². The second-order valence-corrected chi connectivity index (χ2v) is 4.45. The standard InChI is InChI=1S/C12H15F5N2/c1-6(2)19(3)5-4-18-12-10(16)8(14)7(13)9(15)11(12)17/h6,18H,4-5H2,1-3H3. The van der Waals surface area contributed by atoms with E-state index in [1.807, 2.05) is 18.7 Å². The molecule has 19 heavy (non-hydrogen) atoms. The van der Waals surface area contributed by atoms with Crippen LogP contribution in [0.15, 0.2) is 0 Å². The van der Waals surface area contributed by atoms with Crippen molar-refractivity contribution >= 4 is 5.69 Å². The molecule has 1 aromatic rings. The number of anilines is 1. The molecule has 0 saturated carbocycles. The Bertz CT molecular complexity index is 433. The van der Waals surface area contributed by atoms with Crippen molar-refractivity contribution in [3.8, 4) is 0 Å². The third-order valence-corrected chi connectivity index (χ3v) is 2.86. The Kier molecular flexibility index (Phi) is 5.11. The summed E-state index contributed by atoms with van der Waals surface area (Å²) >= 11 is 0. The lowest BCUT2D eigenvalue weighted by Gasteiger charge is -2.21. The van der Waals surface area contributed by atoms with Crippen LogP contribution < -0.4 is 5.32 Å². The van der Waals surface area contributed by atoms with Gasteiger partial charge in [0.1, 0.15) is 5.69 Å². The van der Waals surface area contributed by atoms with Gasteiger partial charge < -0.3 is 10.2 Å². The minimum atomic E-state index is -2.15. The third kappa shape index (κ3) is 3.34. The van der Waals surface area contributed by atoms with Crippen LogP contribution in [0, 0.1) is 29.1 Å². The maximum Gasteiger partial charge on any atom is 0.200 e. The number of hydrogen-bond acceptors (Lipinski definition) is 2. The number of hydrogen-bond donors (Lipinski definition) is 1. The topological polar surface area (TPSA) is 15.3 Å². The molecule has 0 aromatic heterocycles. The molecule has 0 atom stereocenters. The normalized spacial score (nSPS) is 11.5. The molecule has 1 N–H and O–H groups in total. The fourth-order valence-electron chi connectivity index (χ4n) is 1.38. The summed E-state index contributed by atoms with van der Waals surface area (Å²) in [6.45, 7) is 4.29. The van der Waals surface area contributed by atoms with Gasteiger partial charge in [-0.3, -0.25) is 0 Å². The lowest BCUT2D eigenvalue weighted by molar-refractivity contribution is 0.284. The van der Waals surface area contributed by atoms with Crippen LogP contribution in [0.25, 0.3) is 0 Å². The van der Waals surface area contributed by atoms with E-state index in [-0.39, 0.29) is 12.6 Å². The third-order valence-electron chi connectivity index (χ3n) is 2.86. The molecule has 0 aliphatic heterocycles. The summed E-state index contributed by atoms with van der Waals surface area (Å²) in [5.41, 5.74) is -0.992. The average Bonchev–Trinajstić information content (AvgIpc) is 2.37. The van der Waals surface area contributed by atoms with Crippen LogP contribution in [-0.4, -0.2) is 31.1 Å². The highest BCUT2D eigenvalue weighted by Gasteiger charge is 2.25. The van der Waals surface area contributed by atoms with Gasteiger partial charge in [0, 0.05) is 19.1 Å². The molecule has 108 valence electrons. The summed E-state index contributed by atoms with van der Waals surface area (Å²) in [6, 6.07) is 0.207. The number of halogens is 5. The van der Waals surface area contributed by atoms with Crippen molar-refractivity contribution < 1.29 is 22.0 Å². The Balaban J connectivity index is 2.85. The zero-order chi connectivity index (χ0) is 14.7. The van der Waals surface area contributed by atoms with E-state index in [1.54, 1.807) is 7.05 Å². The van der Waals surface area contributed by atoms with E-state index in [4.69, 9.17) is 0 Å². The van der Waals surface area contributed by atoms with Crippen molar-refractivity contribution in [3.63, 3.8) is 0 Å². The minimum Gasteiger partial charge on any atom is -0.379 e. The minimum absolute atomic E-state index is 0.0625. The molecule has 0 heterocycles. The van der Waals surface area contributed by atoms with Gasteiger partial charge in [0.05, 0.1) is 0 Å². The van der Waals surface area contributed by atoms with Crippen molar-refractivity contribution in [3.05, 3.63) is 29.1 Å². The number of likely N-dealkylation sites (N-methyl/N-ethyl adjacent to an activating group) is 1. The summed E-state index contributed by atoms with van der Waals surface area (Å²) < 4.78 is 65.2. The van der Waals surface area contributed by atoms with Crippen molar-refractivity contribution in [2.45, 2.75) is 19.9 Å². The van der Waals surface area contributed by atoms with Crippen LogP contribution in [0.5, 0.6) is 0 Å². The smallest absolute Gasteiger partial charge is 0.200 e. The van der Waals surface area contributed by atoms with Gasteiger partial charge in [-0.15, -0.1) is 0 Å². The van der Waals surface area contributed by atoms with Crippen molar-refractivity contribution in [1.82, 2.24) is 4.90 Å². The van der Waals surface area contributed by atoms with Gasteiger partial charge in [-0.05, 0) is 20.9 Å². The lowest BCUT2D eigenvalue weighted by atomic mass is 10.2. The van der Waals surface area contributed by atoms with Gasteiger partial charge in [0.2, 0.25) is 5.82 Å². The van der Waals surface area contributed by atoms with Gasteiger partial charge >= 0.3 is 0 Å². The predicted molar refractivity (Wildman–Crippen MR) is 62.5 cm³/mol. The highest BCUT2D eigenvalue weighted by molar-refractivity contribution is 5.47. The van der Waals surface area contributed by atoms with Crippen molar-refractivity contribution in [1.29, 1.82) is 0 Å². The molecular weight excluding hydrogens is 267 g/mol. The lowest BCUT2D eigenvalue weighted by Crippen LogP contribution is -2.31. The first-order valence-corrected chi connectivity index (χ1v) is 5.72. The van der Waals surface area contributed by atoms with E-state index in [1.165, 1.54) is 0 Å². The van der Waals surface area contributed by atoms with Crippen LogP contribution in [0.1, 0.15) is 13.8 Å². The largest absolute Gasteiger partial charge is 0.379 e. The Morgan fingerprint density at radius 1 is 0.895 bits per heavy atom. The molecule has 0 aliphatic rings. The molecule has 0 radical (unpaired) electrons. The van der Waals surface area contributed by atoms with Crippen LogP contribution in [0.4, 0.5) is 27.6 Å². The second kappa shape index (κ2) is 6.18. The Hall–Kier alpha value is -1.37. The maximum atomic E-state index is 13.3. The average molecular weight is 282 g/mol. The van der Waals surface area contributed by atoms with Gasteiger partial charge in [-0.1, -0.05) is 0 Å². The monoisotopic (exact) mass is 282 g/mol. The molecule has 1 rings (SSSR count). The molecule has 0 unspecified atom stereocenters. The SMILES string of the molecule is CC(C)N(C)CCNc1c(F)c(F)c(F)c(F)c1F. The van der Waals surface area contributed by atoms with Crippen LogP contribution in [-0.2, 0) is 0 Å². The molecule has 0 amide bonds. The summed E-state index contributed by atoms with van der Waals surface area (Å²) in [6.07, 6.45) is 0. The van der Waals surface area contributed by atoms with E-state index in [0.717, 1.165) is 0 Å². The fraction of sp³-hybridized carbons (Fsp3) is 0.500. The first-order chi connectivity index (χ1) is 8.77. The van der Waals surface area contributed by atoms with Crippen LogP contribution in [0.3, 0.4) is 0 Å². The molecule has 0 fully saturated rings. The van der Waals surface area contributed by atoms with Crippen LogP contribution >= 0.6 is 0 Å². The number of benzene rings is 1. The van der Waals surface area contributed by atoms with Crippen molar-refractivity contribution in [2.24, 2.45) is 0 Å². The van der Waals surface area contributed by atoms with Crippen molar-refractivity contribution in [2.75, 3.05) is 25.5 Å². The molecule has 0 aliphatic carbocycles. The van der Waals surface area contributed by atoms with E-state index < -0.39 is 34.8 Å². The van der Waals surface area contributed by atoms with Gasteiger partial charge in [-0.2, -0.15) is 0 Å². The van der Waals surface area contributed by atoms with Gasteiger partial charge in [-0.25, -0.2) is 22.0 Å². The molecule has 0 spiro atoms. The Morgan fingerprint density at radius 3 is 1.74 bits per heavy atom. The predicted octanol–water partition coefficient (Wildman–Crippen LogP) is 3.13. The summed E-state index contributed by atoms with van der Waals surface area (Å²) in [5.74, 6) is -9.73. The van der Waals surface area contributed by atoms with E-state index in [0.29, 0.717) is 6.54 Å². The molecule has 0 saturated heterocycles. The second-order valence-electron chi connectivity index (χ2n) is 4.45. The quantitative estimate of drug-likeness (QED) is 0.507. The number of nitrogens with one attached hydrogen (secondary N) is 1. The molecular formula is C12H15F5N2. The molecule has 2 nitrogen and oxygen atoms in total. The number of rotatable bonds is 5. The maximum absolute atomic E-state index is 13.3. The van der Waals surface area contributed by atoms with Crippen LogP contribution in [0.2, 0.25) is 0 Å². The van der Waals surface area contributed by atoms with Gasteiger partial charge in [0.25, 0.3) is 0 Å². The van der Waals surface area contributed by atoms with E-state index in [2.05, 4.69) is 5.32 Å². The fourth-order valence-corrected chi connectivity index (χ4v) is 1.38. The number of nitrogens with zero attached hydrogens (tertiary/aromatic N) is 1. The zero-order valence-corrected chi connectivity index (χ0v) is 10.8. The molecule has 0 bridgehead atoms. The molecule has 7 heteroatoms. The zero-order valence-electron chi connectivity index (χ0n) is 10.8.